The number of ether oxygens (including phenoxy) is 1. The summed E-state index contributed by atoms with van der Waals surface area (Å²) >= 11 is 5.98. The molecule has 0 radical (unpaired) electrons. The van der Waals surface area contributed by atoms with Crippen LogP contribution in [0.3, 0.4) is 0 Å². The Bertz CT molecular complexity index is 452. The Hall–Kier alpha value is -1.22. The summed E-state index contributed by atoms with van der Waals surface area (Å²) in [4.78, 5) is 13.8. The number of methoxy groups -OCH3 is 1. The first kappa shape index (κ1) is 15.8. The SMILES string of the molecule is COc1ccc(Cl)cc1CN(C)C(=O)CC(C)(C)C. The minimum absolute atomic E-state index is 0.0102. The summed E-state index contributed by atoms with van der Waals surface area (Å²) in [6.45, 7) is 6.66. The summed E-state index contributed by atoms with van der Waals surface area (Å²) in [7, 11) is 3.41. The van der Waals surface area contributed by atoms with Crippen LogP contribution in [0.1, 0.15) is 32.8 Å². The highest BCUT2D eigenvalue weighted by Crippen LogP contribution is 2.25. The molecule has 0 aliphatic rings. The number of carbonyl (C=O) groups excluding carboxylic acids is 1. The molecule has 3 nitrogen and oxygen atoms in total. The lowest BCUT2D eigenvalue weighted by Crippen LogP contribution is -2.29. The molecule has 0 aromatic heterocycles. The summed E-state index contributed by atoms with van der Waals surface area (Å²) in [6.07, 6.45) is 0.520. The van der Waals surface area contributed by atoms with Gasteiger partial charge in [0.25, 0.3) is 0 Å². The maximum Gasteiger partial charge on any atom is 0.223 e. The molecule has 0 aliphatic heterocycles. The second-order valence-corrected chi connectivity index (χ2v) is 6.38. The van der Waals surface area contributed by atoms with E-state index in [4.69, 9.17) is 16.3 Å². The summed E-state index contributed by atoms with van der Waals surface area (Å²) in [6, 6.07) is 5.43. The van der Waals surface area contributed by atoms with Crippen molar-refractivity contribution in [1.29, 1.82) is 0 Å². The Kier molecular flexibility index (Phi) is 5.24. The number of benzene rings is 1. The van der Waals surface area contributed by atoms with E-state index >= 15 is 0 Å². The Balaban J connectivity index is 2.79. The van der Waals surface area contributed by atoms with Gasteiger partial charge in [-0.25, -0.2) is 0 Å². The Morgan fingerprint density at radius 1 is 1.37 bits per heavy atom. The van der Waals surface area contributed by atoms with Gasteiger partial charge in [0.05, 0.1) is 7.11 Å². The molecule has 0 saturated carbocycles. The van der Waals surface area contributed by atoms with E-state index in [0.29, 0.717) is 18.0 Å². The van der Waals surface area contributed by atoms with Gasteiger partial charge in [-0.05, 0) is 23.6 Å². The fraction of sp³-hybridized carbons (Fsp3) is 0.533. The number of halogens is 1. The monoisotopic (exact) mass is 283 g/mol. The van der Waals surface area contributed by atoms with Crippen molar-refractivity contribution in [1.82, 2.24) is 4.90 Å². The average molecular weight is 284 g/mol. The van der Waals surface area contributed by atoms with Gasteiger partial charge in [-0.15, -0.1) is 0 Å². The normalized spacial score (nSPS) is 11.3. The molecule has 0 aliphatic carbocycles. The van der Waals surface area contributed by atoms with Crippen molar-refractivity contribution in [3.8, 4) is 5.75 Å². The molecule has 1 aromatic carbocycles. The predicted octanol–water partition coefficient (Wildman–Crippen LogP) is 3.74. The van der Waals surface area contributed by atoms with Gasteiger partial charge in [0.2, 0.25) is 5.91 Å². The smallest absolute Gasteiger partial charge is 0.223 e. The van der Waals surface area contributed by atoms with Crippen molar-refractivity contribution in [2.75, 3.05) is 14.2 Å². The molecule has 0 fully saturated rings. The first-order valence-corrected chi connectivity index (χ1v) is 6.67. The van der Waals surface area contributed by atoms with Gasteiger partial charge in [0.1, 0.15) is 5.75 Å². The Labute approximate surface area is 120 Å². The summed E-state index contributed by atoms with van der Waals surface area (Å²) in [5, 5.41) is 0.646. The Morgan fingerprint density at radius 2 is 2.00 bits per heavy atom. The molecule has 0 bridgehead atoms. The summed E-state index contributed by atoms with van der Waals surface area (Å²) in [5.41, 5.74) is 0.906. The molecule has 0 heterocycles. The van der Waals surface area contributed by atoms with E-state index < -0.39 is 0 Å². The lowest BCUT2D eigenvalue weighted by Gasteiger charge is -2.24. The largest absolute Gasteiger partial charge is 0.496 e. The molecule has 0 spiro atoms. The van der Waals surface area contributed by atoms with E-state index in [0.717, 1.165) is 11.3 Å². The quantitative estimate of drug-likeness (QED) is 0.842. The molecule has 0 unspecified atom stereocenters. The second-order valence-electron chi connectivity index (χ2n) is 5.94. The van der Waals surface area contributed by atoms with E-state index in [2.05, 4.69) is 20.8 Å². The zero-order valence-electron chi connectivity index (χ0n) is 12.3. The minimum Gasteiger partial charge on any atom is -0.496 e. The third kappa shape index (κ3) is 5.11. The molecule has 0 N–H and O–H groups in total. The van der Waals surface area contributed by atoms with Crippen molar-refractivity contribution in [2.24, 2.45) is 5.41 Å². The zero-order chi connectivity index (χ0) is 14.6. The van der Waals surface area contributed by atoms with Gasteiger partial charge >= 0.3 is 0 Å². The molecule has 1 amide bonds. The van der Waals surface area contributed by atoms with Crippen LogP contribution in [0.5, 0.6) is 5.75 Å². The van der Waals surface area contributed by atoms with Crippen LogP contribution in [0, 0.1) is 5.41 Å². The van der Waals surface area contributed by atoms with Crippen LogP contribution in [0.15, 0.2) is 18.2 Å². The maximum atomic E-state index is 12.1. The average Bonchev–Trinajstić information content (AvgIpc) is 2.27. The number of hydrogen-bond donors (Lipinski definition) is 0. The Morgan fingerprint density at radius 3 is 2.53 bits per heavy atom. The van der Waals surface area contributed by atoms with Crippen LogP contribution >= 0.6 is 11.6 Å². The van der Waals surface area contributed by atoms with Crippen molar-refractivity contribution >= 4 is 17.5 Å². The van der Waals surface area contributed by atoms with Crippen LogP contribution in [-0.4, -0.2) is 25.0 Å². The molecule has 19 heavy (non-hydrogen) atoms. The molecular weight excluding hydrogens is 262 g/mol. The summed E-state index contributed by atoms with van der Waals surface area (Å²) < 4.78 is 5.29. The van der Waals surface area contributed by atoms with Gasteiger partial charge in [-0.3, -0.25) is 4.79 Å². The van der Waals surface area contributed by atoms with Crippen molar-refractivity contribution in [3.05, 3.63) is 28.8 Å². The van der Waals surface area contributed by atoms with Gasteiger partial charge in [-0.2, -0.15) is 0 Å². The molecule has 1 rings (SSSR count). The van der Waals surface area contributed by atoms with Crippen LogP contribution in [0.4, 0.5) is 0 Å². The highest BCUT2D eigenvalue weighted by molar-refractivity contribution is 6.30. The number of nitrogens with zero attached hydrogens (tertiary/aromatic N) is 1. The van der Waals surface area contributed by atoms with Crippen molar-refractivity contribution in [2.45, 2.75) is 33.7 Å². The van der Waals surface area contributed by atoms with Gasteiger partial charge in [0.15, 0.2) is 0 Å². The molecule has 0 saturated heterocycles. The molecule has 106 valence electrons. The van der Waals surface area contributed by atoms with Gasteiger partial charge in [-0.1, -0.05) is 32.4 Å². The number of amides is 1. The van der Waals surface area contributed by atoms with Gasteiger partial charge < -0.3 is 9.64 Å². The van der Waals surface area contributed by atoms with E-state index in [1.54, 1.807) is 25.1 Å². The number of carbonyl (C=O) groups is 1. The number of rotatable bonds is 4. The fourth-order valence-electron chi connectivity index (χ4n) is 1.80. The van der Waals surface area contributed by atoms with Crippen LogP contribution in [-0.2, 0) is 11.3 Å². The molecule has 1 aromatic rings. The van der Waals surface area contributed by atoms with E-state index in [-0.39, 0.29) is 11.3 Å². The first-order chi connectivity index (χ1) is 8.73. The zero-order valence-corrected chi connectivity index (χ0v) is 13.0. The van der Waals surface area contributed by atoms with Crippen molar-refractivity contribution in [3.63, 3.8) is 0 Å². The van der Waals surface area contributed by atoms with Crippen LogP contribution in [0.25, 0.3) is 0 Å². The standard InChI is InChI=1S/C15H22ClNO2/c1-15(2,3)9-14(18)17(4)10-11-8-12(16)6-7-13(11)19-5/h6-8H,9-10H2,1-5H3. The predicted molar refractivity (Wildman–Crippen MR) is 78.6 cm³/mol. The van der Waals surface area contributed by atoms with Crippen molar-refractivity contribution < 1.29 is 9.53 Å². The highest BCUT2D eigenvalue weighted by atomic mass is 35.5. The fourth-order valence-corrected chi connectivity index (χ4v) is 2.00. The van der Waals surface area contributed by atoms with Crippen LogP contribution < -0.4 is 4.74 Å². The topological polar surface area (TPSA) is 29.5 Å². The van der Waals surface area contributed by atoms with E-state index in [1.165, 1.54) is 0 Å². The molecule has 4 heteroatoms. The second kappa shape index (κ2) is 6.29. The number of hydrogen-bond acceptors (Lipinski definition) is 2. The minimum atomic E-state index is -0.0102. The third-order valence-corrected chi connectivity index (χ3v) is 2.99. The molecular formula is C15H22ClNO2. The van der Waals surface area contributed by atoms with Gasteiger partial charge in [0, 0.05) is 30.6 Å². The third-order valence-electron chi connectivity index (χ3n) is 2.76. The summed E-state index contributed by atoms with van der Waals surface area (Å²) in [5.74, 6) is 0.870. The lowest BCUT2D eigenvalue weighted by molar-refractivity contribution is -0.132. The lowest BCUT2D eigenvalue weighted by atomic mass is 9.91. The van der Waals surface area contributed by atoms with E-state index in [9.17, 15) is 4.79 Å². The molecule has 0 atom stereocenters. The highest BCUT2D eigenvalue weighted by Gasteiger charge is 2.19. The van der Waals surface area contributed by atoms with Crippen LogP contribution in [0.2, 0.25) is 5.02 Å². The van der Waals surface area contributed by atoms with E-state index in [1.807, 2.05) is 12.1 Å². The first-order valence-electron chi connectivity index (χ1n) is 6.29. The maximum absolute atomic E-state index is 12.1.